The van der Waals surface area contributed by atoms with E-state index in [1.165, 1.54) is 32.1 Å². The van der Waals surface area contributed by atoms with Gasteiger partial charge in [0.2, 0.25) is 0 Å². The molecule has 0 nitrogen and oxygen atoms in total. The minimum absolute atomic E-state index is 0. The van der Waals surface area contributed by atoms with E-state index in [1.54, 1.807) is 5.56 Å². The van der Waals surface area contributed by atoms with Crippen LogP contribution in [0.15, 0.2) is 54.6 Å². The Balaban J connectivity index is 0.000000454. The summed E-state index contributed by atoms with van der Waals surface area (Å²) in [7, 11) is 0. The van der Waals surface area contributed by atoms with E-state index in [9.17, 15) is 0 Å². The maximum absolute atomic E-state index is 2.28. The molecule has 2 aromatic rings. The normalized spacial score (nSPS) is 11.1. The molecule has 19 heavy (non-hydrogen) atoms. The molecule has 0 fully saturated rings. The monoisotopic (exact) mass is 298 g/mol. The second-order valence-electron chi connectivity index (χ2n) is 4.81. The van der Waals surface area contributed by atoms with Crippen molar-refractivity contribution in [3.05, 3.63) is 60.2 Å². The molecule has 2 aromatic carbocycles. The Hall–Kier alpha value is -0.781. The molecule has 0 saturated heterocycles. The minimum Gasteiger partial charge on any atom is -0.214 e. The Bertz CT molecular complexity index is 328. The van der Waals surface area contributed by atoms with E-state index in [-0.39, 0.29) is 17.1 Å². The molecule has 0 aliphatic rings. The van der Waals surface area contributed by atoms with Gasteiger partial charge in [0, 0.05) is 0 Å². The zero-order valence-electron chi connectivity index (χ0n) is 12.2. The van der Waals surface area contributed by atoms with Gasteiger partial charge in [-0.25, -0.2) is 24.3 Å². The number of hydrogen-bond acceptors (Lipinski definition) is 0. The van der Waals surface area contributed by atoms with Crippen LogP contribution >= 0.6 is 0 Å². The summed E-state index contributed by atoms with van der Waals surface area (Å²) < 4.78 is 0. The maximum Gasteiger partial charge on any atom is 2.00 e. The fourth-order valence-electron chi connectivity index (χ4n) is 2.26. The quantitative estimate of drug-likeness (QED) is 0.461. The summed E-state index contributed by atoms with van der Waals surface area (Å²) in [6, 6.07) is 18.9. The third-order valence-corrected chi connectivity index (χ3v) is 3.26. The summed E-state index contributed by atoms with van der Waals surface area (Å²) in [4.78, 5) is 0. The van der Waals surface area contributed by atoms with Crippen molar-refractivity contribution in [1.82, 2.24) is 0 Å². The van der Waals surface area contributed by atoms with Gasteiger partial charge in [0.25, 0.3) is 0 Å². The van der Waals surface area contributed by atoms with Crippen molar-refractivity contribution in [3.8, 4) is 0 Å². The van der Waals surface area contributed by atoms with Gasteiger partial charge in [-0.1, -0.05) is 33.1 Å². The summed E-state index contributed by atoms with van der Waals surface area (Å²) in [5.41, 5.74) is 1.55. The third kappa shape index (κ3) is 8.08. The molecule has 0 bridgehead atoms. The Morgan fingerprint density at radius 2 is 1.68 bits per heavy atom. The second-order valence-corrected chi connectivity index (χ2v) is 4.81. The van der Waals surface area contributed by atoms with Gasteiger partial charge in [0.15, 0.2) is 0 Å². The summed E-state index contributed by atoms with van der Waals surface area (Å²) in [6.45, 7) is 4.55. The molecule has 106 valence electrons. The molecule has 2 rings (SSSR count). The fraction of sp³-hybridized carbons (Fsp3) is 0.444. The Morgan fingerprint density at radius 3 is 2.11 bits per heavy atom. The second kappa shape index (κ2) is 12.3. The van der Waals surface area contributed by atoms with E-state index in [4.69, 9.17) is 0 Å². The van der Waals surface area contributed by atoms with E-state index in [1.807, 2.05) is 30.3 Å². The van der Waals surface area contributed by atoms with Crippen LogP contribution in [0.5, 0.6) is 0 Å². The van der Waals surface area contributed by atoms with Crippen molar-refractivity contribution < 1.29 is 17.1 Å². The molecule has 0 spiro atoms. The predicted octanol–water partition coefficient (Wildman–Crippen LogP) is 5.88. The summed E-state index contributed by atoms with van der Waals surface area (Å²) in [6.07, 6.45) is 6.72. The molecule has 0 amide bonds. The van der Waals surface area contributed by atoms with Gasteiger partial charge in [0.1, 0.15) is 0 Å². The first-order valence-corrected chi connectivity index (χ1v) is 7.26. The van der Waals surface area contributed by atoms with Crippen LogP contribution in [0.1, 0.15) is 57.4 Å². The van der Waals surface area contributed by atoms with Gasteiger partial charge in [-0.05, 0) is 18.8 Å². The van der Waals surface area contributed by atoms with Crippen LogP contribution in [0.25, 0.3) is 0 Å². The summed E-state index contributed by atoms with van der Waals surface area (Å²) in [5.74, 6) is 0.819. The van der Waals surface area contributed by atoms with Crippen LogP contribution in [0.4, 0.5) is 0 Å². The van der Waals surface area contributed by atoms with Crippen LogP contribution in [0.3, 0.4) is 0 Å². The van der Waals surface area contributed by atoms with Crippen LogP contribution in [-0.2, 0) is 17.1 Å². The van der Waals surface area contributed by atoms with Crippen LogP contribution in [0, 0.1) is 0 Å². The number of rotatable bonds is 6. The SMILES string of the molecule is CCCCC(CCC)c1ccc[cH-]1.[Fe+2].c1cc[cH-]c1. The van der Waals surface area contributed by atoms with E-state index >= 15 is 0 Å². The van der Waals surface area contributed by atoms with Crippen LogP contribution in [0.2, 0.25) is 0 Å². The zero-order chi connectivity index (χ0) is 13.1. The van der Waals surface area contributed by atoms with Crippen molar-refractivity contribution in [2.45, 2.75) is 51.9 Å². The smallest absolute Gasteiger partial charge is 0.214 e. The van der Waals surface area contributed by atoms with Crippen molar-refractivity contribution >= 4 is 0 Å². The average Bonchev–Trinajstić information content (AvgIpc) is 3.08. The van der Waals surface area contributed by atoms with Gasteiger partial charge in [-0.15, -0.1) is 0 Å². The fourth-order valence-corrected chi connectivity index (χ4v) is 2.26. The Morgan fingerprint density at radius 1 is 0.947 bits per heavy atom. The van der Waals surface area contributed by atoms with Crippen molar-refractivity contribution in [2.24, 2.45) is 0 Å². The van der Waals surface area contributed by atoms with Gasteiger partial charge < -0.3 is 0 Å². The molecular formula is C18H26Fe. The molecule has 0 aliphatic heterocycles. The van der Waals surface area contributed by atoms with Crippen molar-refractivity contribution in [2.75, 3.05) is 0 Å². The third-order valence-electron chi connectivity index (χ3n) is 3.26. The molecule has 0 heterocycles. The largest absolute Gasteiger partial charge is 2.00 e. The van der Waals surface area contributed by atoms with Gasteiger partial charge in [-0.2, -0.15) is 35.9 Å². The van der Waals surface area contributed by atoms with Gasteiger partial charge >= 0.3 is 17.1 Å². The first kappa shape index (κ1) is 18.2. The van der Waals surface area contributed by atoms with Gasteiger partial charge in [-0.3, -0.25) is 0 Å². The van der Waals surface area contributed by atoms with Crippen LogP contribution in [-0.4, -0.2) is 0 Å². The minimum atomic E-state index is 0. The topological polar surface area (TPSA) is 0 Å². The molecule has 0 saturated carbocycles. The summed E-state index contributed by atoms with van der Waals surface area (Å²) in [5, 5.41) is 0. The van der Waals surface area contributed by atoms with Gasteiger partial charge in [0.05, 0.1) is 0 Å². The molecule has 1 unspecified atom stereocenters. The average molecular weight is 298 g/mol. The van der Waals surface area contributed by atoms with E-state index in [2.05, 4.69) is 38.1 Å². The molecule has 1 heteroatoms. The van der Waals surface area contributed by atoms with E-state index in [0.29, 0.717) is 0 Å². The van der Waals surface area contributed by atoms with Crippen LogP contribution < -0.4 is 0 Å². The van der Waals surface area contributed by atoms with Crippen molar-refractivity contribution in [3.63, 3.8) is 0 Å². The standard InChI is InChI=1S/C13H21.C5H5.Fe/c1-3-5-9-12(8-4-2)13-10-6-7-11-13;1-2-4-5-3-1;/h6-7,10-12H,3-5,8-9H2,1-2H3;1-5H;/q2*-1;+2. The van der Waals surface area contributed by atoms with E-state index in [0.717, 1.165) is 5.92 Å². The number of hydrogen-bond donors (Lipinski definition) is 0. The predicted molar refractivity (Wildman–Crippen MR) is 81.2 cm³/mol. The maximum atomic E-state index is 2.28. The molecule has 1 atom stereocenters. The van der Waals surface area contributed by atoms with Crippen molar-refractivity contribution in [1.29, 1.82) is 0 Å². The molecule has 0 N–H and O–H groups in total. The Kier molecular flexibility index (Phi) is 11.8. The molecule has 0 aliphatic carbocycles. The first-order chi connectivity index (χ1) is 8.88. The van der Waals surface area contributed by atoms with E-state index < -0.39 is 0 Å². The molecular weight excluding hydrogens is 272 g/mol. The Labute approximate surface area is 129 Å². The molecule has 0 radical (unpaired) electrons. The molecule has 0 aromatic heterocycles. The first-order valence-electron chi connectivity index (χ1n) is 7.26. The summed E-state index contributed by atoms with van der Waals surface area (Å²) >= 11 is 0. The zero-order valence-corrected chi connectivity index (χ0v) is 13.3. The number of unbranched alkanes of at least 4 members (excludes halogenated alkanes) is 1.